The fourth-order valence-electron chi connectivity index (χ4n) is 5.97. The molecule has 10 heteroatoms. The smallest absolute Gasteiger partial charge is 0.309 e. The zero-order valence-electron chi connectivity index (χ0n) is 29.0. The van der Waals surface area contributed by atoms with E-state index in [0.29, 0.717) is 42.4 Å². The summed E-state index contributed by atoms with van der Waals surface area (Å²) in [6.07, 6.45) is 7.00. The topological polar surface area (TPSA) is 190 Å². The first-order chi connectivity index (χ1) is 19.7. The third kappa shape index (κ3) is 16.3. The molecule has 10 nitrogen and oxygen atoms in total. The van der Waals surface area contributed by atoms with Crippen molar-refractivity contribution < 1.29 is 49.8 Å². The predicted octanol–water partition coefficient (Wildman–Crippen LogP) is 7.09. The second kappa shape index (κ2) is 21.6. The molecule has 0 radical (unpaired) electrons. The Balaban J connectivity index is -0.000000627. The minimum absolute atomic E-state index is 0. The van der Waals surface area contributed by atoms with Crippen molar-refractivity contribution in [3.63, 3.8) is 0 Å². The Morgan fingerprint density at radius 1 is 0.733 bits per heavy atom. The maximum Gasteiger partial charge on any atom is 0.309 e. The van der Waals surface area contributed by atoms with Crippen LogP contribution in [0, 0.1) is 46.3 Å². The number of aliphatic hydroxyl groups is 1. The zero-order chi connectivity index (χ0) is 33.7. The van der Waals surface area contributed by atoms with Gasteiger partial charge in [0.2, 0.25) is 0 Å². The molecule has 2 rings (SSSR count). The van der Waals surface area contributed by atoms with Crippen LogP contribution in [0.1, 0.15) is 141 Å². The average molecular weight is 649 g/mol. The summed E-state index contributed by atoms with van der Waals surface area (Å²) in [5.74, 6) is -0.0428. The lowest BCUT2D eigenvalue weighted by Gasteiger charge is -2.37. The van der Waals surface area contributed by atoms with Crippen molar-refractivity contribution in [3.8, 4) is 0 Å². The van der Waals surface area contributed by atoms with Crippen LogP contribution in [0.2, 0.25) is 0 Å². The van der Waals surface area contributed by atoms with E-state index in [2.05, 4.69) is 41.5 Å². The molecule has 2 aliphatic carbocycles. The van der Waals surface area contributed by atoms with E-state index in [4.69, 9.17) is 14.9 Å². The third-order valence-electron chi connectivity index (χ3n) is 9.90. The predicted molar refractivity (Wildman–Crippen MR) is 178 cm³/mol. The minimum atomic E-state index is -1.12. The number of carboxylic acids is 3. The molecular formula is C35H68O10. The summed E-state index contributed by atoms with van der Waals surface area (Å²) >= 11 is 0. The number of carboxylic acid groups (broad SMARTS) is 3. The first-order valence-electron chi connectivity index (χ1n) is 16.3. The van der Waals surface area contributed by atoms with Gasteiger partial charge in [0.05, 0.1) is 29.8 Å². The highest BCUT2D eigenvalue weighted by molar-refractivity contribution is 5.82. The summed E-state index contributed by atoms with van der Waals surface area (Å²) in [5.41, 5.74) is -2.14. The molecule has 8 atom stereocenters. The van der Waals surface area contributed by atoms with Crippen molar-refractivity contribution in [2.75, 3.05) is 0 Å². The van der Waals surface area contributed by atoms with Gasteiger partial charge >= 0.3 is 23.9 Å². The highest BCUT2D eigenvalue weighted by atomic mass is 16.5. The minimum Gasteiger partial charge on any atom is -0.481 e. The molecule has 0 aromatic carbocycles. The molecule has 45 heavy (non-hydrogen) atoms. The molecule has 0 spiro atoms. The van der Waals surface area contributed by atoms with Crippen molar-refractivity contribution in [2.24, 2.45) is 46.3 Å². The average Bonchev–Trinajstić information content (AvgIpc) is 2.88. The number of aliphatic carboxylic acids is 3. The quantitative estimate of drug-likeness (QED) is 0.169. The van der Waals surface area contributed by atoms with E-state index >= 15 is 0 Å². The molecule has 268 valence electrons. The molecule has 8 unspecified atom stereocenters. The van der Waals surface area contributed by atoms with Crippen LogP contribution in [0.3, 0.4) is 0 Å². The van der Waals surface area contributed by atoms with Crippen LogP contribution in [0.4, 0.5) is 0 Å². The lowest BCUT2D eigenvalue weighted by atomic mass is 9.75. The van der Waals surface area contributed by atoms with Crippen molar-refractivity contribution in [2.45, 2.75) is 153 Å². The molecule has 0 saturated heterocycles. The van der Waals surface area contributed by atoms with Crippen molar-refractivity contribution in [1.29, 1.82) is 0 Å². The molecule has 2 fully saturated rings. The van der Waals surface area contributed by atoms with Crippen LogP contribution >= 0.6 is 0 Å². The number of ether oxygens (including phenoxy) is 1. The van der Waals surface area contributed by atoms with E-state index in [1.165, 1.54) is 26.2 Å². The molecule has 0 aliphatic heterocycles. The molecule has 0 bridgehead atoms. The molecule has 0 heterocycles. The standard InChI is InChI=1S/C17H30O4.C10H20O.C7H12O4.CH4.H2O/c1-6-17(5,16(19)20)10-15(18)21-14-9-12(4)7-8-13(14)11(2)3;1-7(2)9-5-4-8(3)6-10(9)11;1-3-7(2,6(10)11)4-5(8)9;;/h11-14H,6-10H2,1-5H3,(H,19,20);7-11H,4-6H2,1-3H3;3-4H2,1-2H3,(H,8,9)(H,10,11);1H4;1H2. The Morgan fingerprint density at radius 3 is 1.47 bits per heavy atom. The third-order valence-corrected chi connectivity index (χ3v) is 9.90. The number of hydrogen-bond donors (Lipinski definition) is 4. The monoisotopic (exact) mass is 648 g/mol. The summed E-state index contributed by atoms with van der Waals surface area (Å²) in [6.45, 7) is 19.7. The molecule has 2 saturated carbocycles. The van der Waals surface area contributed by atoms with Gasteiger partial charge in [0.15, 0.2) is 0 Å². The second-order valence-corrected chi connectivity index (χ2v) is 14.4. The van der Waals surface area contributed by atoms with Crippen molar-refractivity contribution >= 4 is 23.9 Å². The number of carbonyl (C=O) groups is 4. The van der Waals surface area contributed by atoms with E-state index in [1.54, 1.807) is 20.8 Å². The van der Waals surface area contributed by atoms with E-state index in [-0.39, 0.29) is 43.9 Å². The van der Waals surface area contributed by atoms with Gasteiger partial charge < -0.3 is 30.6 Å². The maximum absolute atomic E-state index is 12.2. The zero-order valence-corrected chi connectivity index (χ0v) is 29.0. The van der Waals surface area contributed by atoms with E-state index in [9.17, 15) is 29.4 Å². The fourth-order valence-corrected chi connectivity index (χ4v) is 5.97. The summed E-state index contributed by atoms with van der Waals surface area (Å²) in [5, 5.41) is 36.0. The first-order valence-corrected chi connectivity index (χ1v) is 16.3. The number of esters is 1. The van der Waals surface area contributed by atoms with Crippen LogP contribution in [-0.4, -0.2) is 62.0 Å². The number of rotatable bonds is 11. The summed E-state index contributed by atoms with van der Waals surface area (Å²) in [7, 11) is 0. The van der Waals surface area contributed by atoms with Crippen LogP contribution in [-0.2, 0) is 23.9 Å². The van der Waals surface area contributed by atoms with Gasteiger partial charge in [-0.3, -0.25) is 19.2 Å². The fraction of sp³-hybridized carbons (Fsp3) is 0.886. The number of aliphatic hydroxyl groups excluding tert-OH is 1. The van der Waals surface area contributed by atoms with Crippen LogP contribution < -0.4 is 0 Å². The highest BCUT2D eigenvalue weighted by Gasteiger charge is 2.38. The van der Waals surface area contributed by atoms with E-state index in [0.717, 1.165) is 25.2 Å². The lowest BCUT2D eigenvalue weighted by molar-refractivity contribution is -0.164. The van der Waals surface area contributed by atoms with Gasteiger partial charge in [-0.15, -0.1) is 0 Å². The largest absolute Gasteiger partial charge is 0.481 e. The van der Waals surface area contributed by atoms with Crippen LogP contribution in [0.25, 0.3) is 0 Å². The van der Waals surface area contributed by atoms with Crippen molar-refractivity contribution in [1.82, 2.24) is 0 Å². The second-order valence-electron chi connectivity index (χ2n) is 14.4. The van der Waals surface area contributed by atoms with Gasteiger partial charge in [0, 0.05) is 0 Å². The molecule has 0 aromatic heterocycles. The van der Waals surface area contributed by atoms with Gasteiger partial charge in [0.25, 0.3) is 0 Å². The molecule has 0 amide bonds. The van der Waals surface area contributed by atoms with Gasteiger partial charge in [-0.25, -0.2) is 0 Å². The van der Waals surface area contributed by atoms with Gasteiger partial charge in [-0.2, -0.15) is 0 Å². The Hall–Kier alpha value is -2.20. The Morgan fingerprint density at radius 2 is 1.13 bits per heavy atom. The summed E-state index contributed by atoms with van der Waals surface area (Å²) < 4.78 is 5.68. The van der Waals surface area contributed by atoms with Gasteiger partial charge in [-0.1, -0.05) is 75.7 Å². The van der Waals surface area contributed by atoms with Crippen molar-refractivity contribution in [3.05, 3.63) is 0 Å². The molecule has 2 aliphatic rings. The van der Waals surface area contributed by atoms with Gasteiger partial charge in [0.1, 0.15) is 6.10 Å². The number of hydrogen-bond acceptors (Lipinski definition) is 6. The summed E-state index contributed by atoms with van der Waals surface area (Å²) in [4.78, 5) is 44.2. The normalized spacial score (nSPS) is 27.0. The van der Waals surface area contributed by atoms with E-state index in [1.807, 2.05) is 0 Å². The highest BCUT2D eigenvalue weighted by Crippen LogP contribution is 2.37. The van der Waals surface area contributed by atoms with Crippen LogP contribution in [0.15, 0.2) is 0 Å². The first kappa shape index (κ1) is 47.2. The lowest BCUT2D eigenvalue weighted by Crippen LogP contribution is -2.38. The molecule has 6 N–H and O–H groups in total. The Labute approximate surface area is 273 Å². The maximum atomic E-state index is 12.2. The summed E-state index contributed by atoms with van der Waals surface area (Å²) in [6, 6.07) is 0. The molecular weight excluding hydrogens is 580 g/mol. The Bertz CT molecular complexity index is 888. The van der Waals surface area contributed by atoms with E-state index < -0.39 is 28.7 Å². The molecule has 0 aromatic rings. The van der Waals surface area contributed by atoms with Crippen LogP contribution in [0.5, 0.6) is 0 Å². The number of carbonyl (C=O) groups excluding carboxylic acids is 1. The van der Waals surface area contributed by atoms with Gasteiger partial charge in [-0.05, 0) is 87.9 Å². The Kier molecular flexibility index (Phi) is 22.6. The SMILES string of the molecule is C.CC1CCC(C(C)C)C(O)C1.CCC(C)(CC(=O)O)C(=O)O.CCC(C)(CC(=O)OC1CC(C)CCC1C(C)C)C(=O)O.O.